The highest BCUT2D eigenvalue weighted by atomic mass is 28.5. The van der Waals surface area contributed by atoms with Crippen LogP contribution in [0.4, 0.5) is 0 Å². The smallest absolute Gasteiger partial charge is 0.428 e. The third kappa shape index (κ3) is 2.99. The zero-order chi connectivity index (χ0) is 9.97. The molecule has 2 heterocycles. The van der Waals surface area contributed by atoms with Crippen molar-refractivity contribution in [2.45, 2.75) is 0 Å². The summed E-state index contributed by atoms with van der Waals surface area (Å²) >= 11 is 0. The van der Waals surface area contributed by atoms with Crippen LogP contribution in [0, 0.1) is 0 Å². The summed E-state index contributed by atoms with van der Waals surface area (Å²) in [5, 5.41) is 0. The molecule has 1 N–H and O–H groups in total. The van der Waals surface area contributed by atoms with Crippen LogP contribution >= 0.6 is 0 Å². The monoisotopic (exact) mass is 304 g/mol. The SMILES string of the molecule is O[Si]1O[SiH2]O[SiH]2O[Si](O1)O[SiH](O[SiH3])O2. The highest BCUT2D eigenvalue weighted by Gasteiger charge is 2.43. The molecule has 80 valence electrons. The molecule has 0 spiro atoms. The minimum Gasteiger partial charge on any atom is -0.428 e. The molecule has 0 aliphatic carbocycles. The van der Waals surface area contributed by atoms with Gasteiger partial charge in [-0.1, -0.05) is 0 Å². The first-order chi connectivity index (χ1) is 6.78. The fourth-order valence-electron chi connectivity index (χ4n) is 0.797. The van der Waals surface area contributed by atoms with Gasteiger partial charge in [0.15, 0.2) is 0 Å². The summed E-state index contributed by atoms with van der Waals surface area (Å²) in [4.78, 5) is 9.22. The molecule has 0 aromatic rings. The fourth-order valence-corrected chi connectivity index (χ4v) is 13.9. The number of rotatable bonds is 1. The molecule has 2 aliphatic rings. The van der Waals surface area contributed by atoms with Crippen molar-refractivity contribution in [3.8, 4) is 0 Å². The van der Waals surface area contributed by atoms with E-state index in [-0.39, 0.29) is 0 Å². The molecule has 14 heavy (non-hydrogen) atoms. The van der Waals surface area contributed by atoms with Crippen LogP contribution in [0.5, 0.6) is 0 Å². The average molecular weight is 305 g/mol. The van der Waals surface area contributed by atoms with Gasteiger partial charge in [0, 0.05) is 0 Å². The van der Waals surface area contributed by atoms with E-state index in [1.165, 1.54) is 0 Å². The molecule has 0 saturated carbocycles. The lowest BCUT2D eigenvalue weighted by molar-refractivity contribution is 0.116. The molecule has 14 heteroatoms. The summed E-state index contributed by atoms with van der Waals surface area (Å²) < 4.78 is 36.3. The van der Waals surface area contributed by atoms with Gasteiger partial charge in [-0.2, -0.15) is 0 Å². The highest BCUT2D eigenvalue weighted by molar-refractivity contribution is 6.73. The van der Waals surface area contributed by atoms with Crippen molar-refractivity contribution in [3.05, 3.63) is 0 Å². The molecule has 0 aromatic carbocycles. The Balaban J connectivity index is 1.96. The Morgan fingerprint density at radius 1 is 1.43 bits per heavy atom. The lowest BCUT2D eigenvalue weighted by Gasteiger charge is -2.32. The second-order valence-corrected chi connectivity index (χ2v) is 12.8. The Morgan fingerprint density at radius 3 is 3.07 bits per heavy atom. The minimum absolute atomic E-state index is 0.541. The maximum Gasteiger partial charge on any atom is 0.556 e. The van der Waals surface area contributed by atoms with Gasteiger partial charge in [0.05, 0.1) is 0 Å². The third-order valence-electron chi connectivity index (χ3n) is 1.36. The van der Waals surface area contributed by atoms with Crippen molar-refractivity contribution in [1.29, 1.82) is 0 Å². The summed E-state index contributed by atoms with van der Waals surface area (Å²) in [5.41, 5.74) is 0. The molecule has 2 bridgehead atoms. The van der Waals surface area contributed by atoms with Gasteiger partial charge in [-0.15, -0.1) is 0 Å². The lowest BCUT2D eigenvalue weighted by atomic mass is 15.6. The standard InChI is InChI=1S/H8O8Si6/c1-11-3-10-4-13-6-12(2-9)7-14(5-11)8-13/h1,12-13H,10H2,9H3. The highest BCUT2D eigenvalue weighted by Crippen LogP contribution is 2.12. The van der Waals surface area contributed by atoms with E-state index in [9.17, 15) is 4.80 Å². The van der Waals surface area contributed by atoms with E-state index in [0.29, 0.717) is 10.5 Å². The summed E-state index contributed by atoms with van der Waals surface area (Å²) in [5.74, 6) is 0. The molecule has 2 rings (SSSR count). The van der Waals surface area contributed by atoms with Crippen LogP contribution < -0.4 is 0 Å². The first kappa shape index (κ1) is 11.5. The zero-order valence-electron chi connectivity index (χ0n) is 7.17. The first-order valence-electron chi connectivity index (χ1n) is 3.64. The molecule has 8 nitrogen and oxygen atoms in total. The van der Waals surface area contributed by atoms with Crippen molar-refractivity contribution >= 4 is 58.6 Å². The van der Waals surface area contributed by atoms with Gasteiger partial charge in [0.2, 0.25) is 0 Å². The van der Waals surface area contributed by atoms with E-state index >= 15 is 0 Å². The Morgan fingerprint density at radius 2 is 2.29 bits per heavy atom. The summed E-state index contributed by atoms with van der Waals surface area (Å²) in [6.45, 7) is 0. The molecule has 2 radical (unpaired) electrons. The molecule has 2 unspecified atom stereocenters. The Labute approximate surface area is 92.5 Å². The summed E-state index contributed by atoms with van der Waals surface area (Å²) in [6, 6.07) is 0. The van der Waals surface area contributed by atoms with E-state index in [0.717, 1.165) is 0 Å². The molecular weight excluding hydrogens is 297 g/mol. The molecule has 2 saturated heterocycles. The third-order valence-corrected chi connectivity index (χ3v) is 12.2. The van der Waals surface area contributed by atoms with Gasteiger partial charge in [0.25, 0.3) is 10.0 Å². The Hall–Kier alpha value is 0.981. The van der Waals surface area contributed by atoms with Gasteiger partial charge >= 0.3 is 38.1 Å². The maximum absolute atomic E-state index is 9.22. The van der Waals surface area contributed by atoms with Crippen LogP contribution in [0.25, 0.3) is 0 Å². The topological polar surface area (TPSA) is 84.8 Å². The molecule has 0 amide bonds. The predicted octanol–water partition coefficient (Wildman–Crippen LogP) is -5.19. The number of fused-ring (bicyclic) bond motifs is 2. The van der Waals surface area contributed by atoms with E-state index in [4.69, 9.17) is 28.8 Å². The van der Waals surface area contributed by atoms with Crippen molar-refractivity contribution in [2.24, 2.45) is 0 Å². The quantitative estimate of drug-likeness (QED) is 0.481. The van der Waals surface area contributed by atoms with Crippen molar-refractivity contribution in [1.82, 2.24) is 0 Å². The van der Waals surface area contributed by atoms with Crippen LogP contribution in [-0.2, 0) is 28.8 Å². The van der Waals surface area contributed by atoms with Crippen LogP contribution in [-0.4, -0.2) is 63.4 Å². The maximum atomic E-state index is 9.22. The van der Waals surface area contributed by atoms with Gasteiger partial charge in [-0.05, 0) is 0 Å². The fraction of sp³-hybridized carbons (Fsp3) is 0. The first-order valence-corrected chi connectivity index (χ1v) is 10.9. The average Bonchev–Trinajstić information content (AvgIpc) is 2.15. The van der Waals surface area contributed by atoms with Gasteiger partial charge < -0.3 is 33.6 Å². The lowest BCUT2D eigenvalue weighted by Crippen LogP contribution is -2.56. The second-order valence-electron chi connectivity index (χ2n) is 2.23. The largest absolute Gasteiger partial charge is 0.556 e. The molecule has 0 aromatic heterocycles. The molecule has 2 aliphatic heterocycles. The van der Waals surface area contributed by atoms with E-state index in [1.807, 2.05) is 0 Å². The van der Waals surface area contributed by atoms with Crippen LogP contribution in [0.2, 0.25) is 0 Å². The predicted molar refractivity (Wildman–Crippen MR) is 54.1 cm³/mol. The van der Waals surface area contributed by atoms with Crippen molar-refractivity contribution in [2.75, 3.05) is 0 Å². The molecular formula is H8O8Si6. The summed E-state index contributed by atoms with van der Waals surface area (Å²) in [7, 11) is -9.18. The van der Waals surface area contributed by atoms with Crippen molar-refractivity contribution in [3.63, 3.8) is 0 Å². The second kappa shape index (κ2) is 5.35. The van der Waals surface area contributed by atoms with Gasteiger partial charge in [-0.3, -0.25) is 0 Å². The van der Waals surface area contributed by atoms with Crippen LogP contribution in [0.3, 0.4) is 0 Å². The molecule has 2 fully saturated rings. The van der Waals surface area contributed by atoms with E-state index in [2.05, 4.69) is 0 Å². The minimum atomic E-state index is -2.26. The number of hydrogen-bond donors (Lipinski definition) is 1. The molecule has 2 atom stereocenters. The van der Waals surface area contributed by atoms with Gasteiger partial charge in [-0.25, -0.2) is 0 Å². The normalized spacial score (nSPS) is 38.4. The van der Waals surface area contributed by atoms with Crippen LogP contribution in [0.1, 0.15) is 0 Å². The number of hydrogen-bond acceptors (Lipinski definition) is 8. The Kier molecular flexibility index (Phi) is 4.38. The van der Waals surface area contributed by atoms with E-state index < -0.39 is 48.1 Å². The Bertz CT molecular complexity index is 182. The summed E-state index contributed by atoms with van der Waals surface area (Å²) in [6.07, 6.45) is 0. The van der Waals surface area contributed by atoms with Crippen LogP contribution in [0.15, 0.2) is 0 Å². The zero-order valence-corrected chi connectivity index (χ0v) is 14.9. The van der Waals surface area contributed by atoms with E-state index in [1.54, 1.807) is 0 Å². The van der Waals surface area contributed by atoms with Crippen molar-refractivity contribution < 1.29 is 33.6 Å². The van der Waals surface area contributed by atoms with Gasteiger partial charge in [0.1, 0.15) is 10.5 Å².